The van der Waals surface area contributed by atoms with Gasteiger partial charge in [-0.15, -0.1) is 5.10 Å². The van der Waals surface area contributed by atoms with Crippen molar-refractivity contribution in [3.8, 4) is 22.8 Å². The van der Waals surface area contributed by atoms with E-state index in [9.17, 15) is 18.0 Å². The van der Waals surface area contributed by atoms with Crippen molar-refractivity contribution in [2.45, 2.75) is 32.3 Å². The number of hydrogen-bond acceptors (Lipinski definition) is 7. The Balaban J connectivity index is 1.30. The molecule has 3 heterocycles. The van der Waals surface area contributed by atoms with Crippen LogP contribution in [0.3, 0.4) is 0 Å². The maximum atomic E-state index is 13.5. The lowest BCUT2D eigenvalue weighted by atomic mass is 9.97. The number of ether oxygens (including phenoxy) is 1. The monoisotopic (exact) mass is 498 g/mol. The molecule has 36 heavy (non-hydrogen) atoms. The Labute approximate surface area is 203 Å². The molecule has 1 amide bonds. The van der Waals surface area contributed by atoms with Gasteiger partial charge in [0.15, 0.2) is 5.69 Å². The van der Waals surface area contributed by atoms with E-state index >= 15 is 0 Å². The number of halogens is 3. The van der Waals surface area contributed by atoms with Crippen LogP contribution < -0.4 is 4.74 Å². The summed E-state index contributed by atoms with van der Waals surface area (Å²) in [5.74, 6) is -0.158. The normalized spacial score (nSPS) is 15.9. The predicted molar refractivity (Wildman–Crippen MR) is 120 cm³/mol. The fraction of sp³-hybridized carbons (Fsp3) is 0.292. The minimum atomic E-state index is -2.92. The second-order valence-electron chi connectivity index (χ2n) is 8.36. The number of hydrogen-bond donors (Lipinski definition) is 0. The SMILES string of the molecule is Cc1c(C(=O)N2CCCC(c3nc(-c4cccc(F)c4)no3)C2)nnn1-c1ccc(OC(F)F)cc1. The Hall–Kier alpha value is -4.22. The second-order valence-corrected chi connectivity index (χ2v) is 8.36. The van der Waals surface area contributed by atoms with Crippen LogP contribution in [0.25, 0.3) is 17.1 Å². The standard InChI is InChI=1S/C24H21F3N6O3/c1-14-20(29-31-33(14)18-7-9-19(10-8-18)35-24(26)27)23(34)32-11-3-5-16(13-32)22-28-21(30-36-22)15-4-2-6-17(25)12-15/h2,4,6-10,12,16,24H,3,5,11,13H2,1H3. The van der Waals surface area contributed by atoms with Crippen LogP contribution in [-0.4, -0.2) is 55.6 Å². The van der Waals surface area contributed by atoms with Crippen LogP contribution in [0.1, 0.15) is 40.8 Å². The van der Waals surface area contributed by atoms with E-state index in [0.29, 0.717) is 35.9 Å². The molecule has 2 aromatic carbocycles. The highest BCUT2D eigenvalue weighted by Gasteiger charge is 2.31. The number of benzene rings is 2. The van der Waals surface area contributed by atoms with E-state index in [4.69, 9.17) is 4.52 Å². The maximum absolute atomic E-state index is 13.5. The molecule has 186 valence electrons. The van der Waals surface area contributed by atoms with Gasteiger partial charge in [-0.05, 0) is 56.2 Å². The summed E-state index contributed by atoms with van der Waals surface area (Å²) >= 11 is 0. The molecule has 1 unspecified atom stereocenters. The van der Waals surface area contributed by atoms with Gasteiger partial charge in [0.1, 0.15) is 11.6 Å². The summed E-state index contributed by atoms with van der Waals surface area (Å²) in [5.41, 5.74) is 1.76. The lowest BCUT2D eigenvalue weighted by Gasteiger charge is -2.30. The van der Waals surface area contributed by atoms with Crippen molar-refractivity contribution in [1.29, 1.82) is 0 Å². The van der Waals surface area contributed by atoms with Gasteiger partial charge in [-0.2, -0.15) is 13.8 Å². The number of carbonyl (C=O) groups is 1. The average Bonchev–Trinajstić information content (AvgIpc) is 3.51. The fourth-order valence-corrected chi connectivity index (χ4v) is 4.20. The highest BCUT2D eigenvalue weighted by atomic mass is 19.3. The molecular weight excluding hydrogens is 477 g/mol. The smallest absolute Gasteiger partial charge is 0.387 e. The minimum absolute atomic E-state index is 0.0174. The van der Waals surface area contributed by atoms with Crippen molar-refractivity contribution in [2.75, 3.05) is 13.1 Å². The summed E-state index contributed by atoms with van der Waals surface area (Å²) in [7, 11) is 0. The van der Waals surface area contributed by atoms with Gasteiger partial charge in [0.2, 0.25) is 11.7 Å². The number of aromatic nitrogens is 5. The first-order valence-corrected chi connectivity index (χ1v) is 11.3. The lowest BCUT2D eigenvalue weighted by molar-refractivity contribution is -0.0498. The molecule has 0 N–H and O–H groups in total. The number of likely N-dealkylation sites (tertiary alicyclic amines) is 1. The van der Waals surface area contributed by atoms with Gasteiger partial charge < -0.3 is 14.2 Å². The molecule has 12 heteroatoms. The van der Waals surface area contributed by atoms with Crippen LogP contribution in [-0.2, 0) is 0 Å². The summed E-state index contributed by atoms with van der Waals surface area (Å²) in [6, 6.07) is 11.8. The van der Waals surface area contributed by atoms with E-state index in [0.717, 1.165) is 12.8 Å². The van der Waals surface area contributed by atoms with Crippen molar-refractivity contribution < 1.29 is 27.2 Å². The third-order valence-electron chi connectivity index (χ3n) is 5.99. The third-order valence-corrected chi connectivity index (χ3v) is 5.99. The van der Waals surface area contributed by atoms with Crippen LogP contribution in [0, 0.1) is 12.7 Å². The molecule has 2 aromatic heterocycles. The number of alkyl halides is 2. The number of piperidine rings is 1. The first-order chi connectivity index (χ1) is 17.4. The summed E-state index contributed by atoms with van der Waals surface area (Å²) in [6.07, 6.45) is 1.49. The number of carbonyl (C=O) groups excluding carboxylic acids is 1. The zero-order chi connectivity index (χ0) is 25.2. The Morgan fingerprint density at radius 3 is 2.75 bits per heavy atom. The van der Waals surface area contributed by atoms with Gasteiger partial charge in [0.25, 0.3) is 5.91 Å². The number of rotatable bonds is 6. The highest BCUT2D eigenvalue weighted by molar-refractivity contribution is 5.93. The molecule has 5 rings (SSSR count). The van der Waals surface area contributed by atoms with Crippen LogP contribution in [0.5, 0.6) is 5.75 Å². The summed E-state index contributed by atoms with van der Waals surface area (Å²) in [4.78, 5) is 19.4. The van der Waals surface area contributed by atoms with E-state index in [-0.39, 0.29) is 29.1 Å². The predicted octanol–water partition coefficient (Wildman–Crippen LogP) is 4.39. The van der Waals surface area contributed by atoms with E-state index in [1.165, 1.54) is 28.9 Å². The summed E-state index contributed by atoms with van der Waals surface area (Å²) in [6.45, 7) is -0.315. The van der Waals surface area contributed by atoms with Crippen molar-refractivity contribution in [3.05, 3.63) is 71.6 Å². The van der Waals surface area contributed by atoms with Crippen LogP contribution in [0.4, 0.5) is 13.2 Å². The van der Waals surface area contributed by atoms with Crippen LogP contribution in [0.2, 0.25) is 0 Å². The molecule has 0 saturated carbocycles. The molecule has 0 radical (unpaired) electrons. The Bertz CT molecular complexity index is 1370. The number of amides is 1. The summed E-state index contributed by atoms with van der Waals surface area (Å²) < 4.78 is 49.6. The Morgan fingerprint density at radius 2 is 2.00 bits per heavy atom. The topological polar surface area (TPSA) is 99.2 Å². The van der Waals surface area contributed by atoms with Crippen molar-refractivity contribution in [1.82, 2.24) is 30.0 Å². The first kappa shape index (κ1) is 23.5. The molecule has 1 aliphatic heterocycles. The van der Waals surface area contributed by atoms with Gasteiger partial charge in [0.05, 0.1) is 17.3 Å². The van der Waals surface area contributed by atoms with Crippen molar-refractivity contribution in [2.24, 2.45) is 0 Å². The molecule has 1 aliphatic rings. The lowest BCUT2D eigenvalue weighted by Crippen LogP contribution is -2.39. The first-order valence-electron chi connectivity index (χ1n) is 11.3. The highest BCUT2D eigenvalue weighted by Crippen LogP contribution is 2.29. The molecule has 9 nitrogen and oxygen atoms in total. The second kappa shape index (κ2) is 9.80. The zero-order valence-corrected chi connectivity index (χ0v) is 19.1. The van der Waals surface area contributed by atoms with Gasteiger partial charge in [0, 0.05) is 18.7 Å². The molecule has 0 bridgehead atoms. The van der Waals surface area contributed by atoms with Crippen LogP contribution >= 0.6 is 0 Å². The van der Waals surface area contributed by atoms with E-state index in [1.807, 2.05) is 0 Å². The number of nitrogens with zero attached hydrogens (tertiary/aromatic N) is 6. The van der Waals surface area contributed by atoms with Gasteiger partial charge >= 0.3 is 6.61 Å². The average molecular weight is 498 g/mol. The maximum Gasteiger partial charge on any atom is 0.387 e. The molecule has 1 fully saturated rings. The molecule has 0 aliphatic carbocycles. The van der Waals surface area contributed by atoms with Crippen molar-refractivity contribution in [3.63, 3.8) is 0 Å². The summed E-state index contributed by atoms with van der Waals surface area (Å²) in [5, 5.41) is 12.1. The third kappa shape index (κ3) is 4.79. The van der Waals surface area contributed by atoms with Crippen molar-refractivity contribution >= 4 is 5.91 Å². The van der Waals surface area contributed by atoms with Gasteiger partial charge in [-0.3, -0.25) is 4.79 Å². The van der Waals surface area contributed by atoms with Crippen LogP contribution in [0.15, 0.2) is 53.1 Å². The fourth-order valence-electron chi connectivity index (χ4n) is 4.20. The molecule has 4 aromatic rings. The molecule has 1 saturated heterocycles. The van der Waals surface area contributed by atoms with E-state index < -0.39 is 12.4 Å². The van der Waals surface area contributed by atoms with Gasteiger partial charge in [-0.1, -0.05) is 22.5 Å². The molecular formula is C24H21F3N6O3. The van der Waals surface area contributed by atoms with Gasteiger partial charge in [-0.25, -0.2) is 9.07 Å². The Morgan fingerprint density at radius 1 is 1.19 bits per heavy atom. The quantitative estimate of drug-likeness (QED) is 0.389. The largest absolute Gasteiger partial charge is 0.435 e. The van der Waals surface area contributed by atoms with E-state index in [2.05, 4.69) is 25.2 Å². The zero-order valence-electron chi connectivity index (χ0n) is 19.1. The minimum Gasteiger partial charge on any atom is -0.435 e. The molecule has 1 atom stereocenters. The Kier molecular flexibility index (Phi) is 6.40. The molecule has 0 spiro atoms. The van der Waals surface area contributed by atoms with E-state index in [1.54, 1.807) is 36.1 Å².